The first kappa shape index (κ1) is 9.71. The highest BCUT2D eigenvalue weighted by atomic mass is 16.2. The van der Waals surface area contributed by atoms with Crippen LogP contribution in [0, 0.1) is 0 Å². The number of nitrogens with two attached hydrogens (primary N) is 1. The molecule has 1 aliphatic heterocycles. The zero-order chi connectivity index (χ0) is 10.8. The van der Waals surface area contributed by atoms with Crippen molar-refractivity contribution in [1.82, 2.24) is 4.90 Å². The molecule has 3 amide bonds. The third-order valence-corrected chi connectivity index (χ3v) is 2.66. The normalized spacial score (nSPS) is 20.7. The molecule has 0 aliphatic carbocycles. The average Bonchev–Trinajstić information content (AvgIpc) is 2.62. The van der Waals surface area contributed by atoms with Crippen molar-refractivity contribution in [3.05, 3.63) is 35.9 Å². The molecule has 1 heterocycles. The minimum Gasteiger partial charge on any atom is -0.351 e. The Morgan fingerprint density at radius 3 is 2.53 bits per heavy atom. The molecule has 0 unspecified atom stereocenters. The first-order valence-electron chi connectivity index (χ1n) is 4.83. The van der Waals surface area contributed by atoms with E-state index in [1.165, 1.54) is 0 Å². The Balaban J connectivity index is 2.16. The molecule has 0 radical (unpaired) electrons. The van der Waals surface area contributed by atoms with E-state index >= 15 is 0 Å². The van der Waals surface area contributed by atoms with Crippen molar-refractivity contribution in [3.63, 3.8) is 0 Å². The summed E-state index contributed by atoms with van der Waals surface area (Å²) in [5.41, 5.74) is 6.17. The van der Waals surface area contributed by atoms with E-state index in [1.807, 2.05) is 30.3 Å². The Kier molecular flexibility index (Phi) is 2.41. The molecule has 0 aromatic heterocycles. The Morgan fingerprint density at radius 2 is 2.00 bits per heavy atom. The quantitative estimate of drug-likeness (QED) is 0.744. The number of carbonyl (C=O) groups excluding carboxylic acids is 2. The lowest BCUT2D eigenvalue weighted by Gasteiger charge is -2.11. The summed E-state index contributed by atoms with van der Waals surface area (Å²) in [6, 6.07) is 9.04. The number of benzene rings is 1. The van der Waals surface area contributed by atoms with Crippen molar-refractivity contribution in [1.29, 1.82) is 0 Å². The number of nitrogens with zero attached hydrogens (tertiary/aromatic N) is 1. The number of urea groups is 1. The van der Waals surface area contributed by atoms with E-state index in [0.717, 1.165) is 10.5 Å². The number of rotatable bonds is 1. The first-order valence-corrected chi connectivity index (χ1v) is 4.83. The molecule has 0 bridgehead atoms. The fraction of sp³-hybridized carbons (Fsp3) is 0.273. The van der Waals surface area contributed by atoms with Crippen molar-refractivity contribution in [2.75, 3.05) is 6.54 Å². The predicted octanol–water partition coefficient (Wildman–Crippen LogP) is 1.08. The summed E-state index contributed by atoms with van der Waals surface area (Å²) < 4.78 is 0. The average molecular weight is 204 g/mol. The van der Waals surface area contributed by atoms with Gasteiger partial charge in [0.1, 0.15) is 0 Å². The van der Waals surface area contributed by atoms with E-state index < -0.39 is 6.03 Å². The maximum atomic E-state index is 11.4. The van der Waals surface area contributed by atoms with Crippen LogP contribution in [0.3, 0.4) is 0 Å². The fourth-order valence-corrected chi connectivity index (χ4v) is 1.87. The van der Waals surface area contributed by atoms with E-state index in [0.29, 0.717) is 13.0 Å². The van der Waals surface area contributed by atoms with Gasteiger partial charge >= 0.3 is 6.03 Å². The van der Waals surface area contributed by atoms with Gasteiger partial charge in [-0.15, -0.1) is 0 Å². The number of hydrogen-bond donors (Lipinski definition) is 1. The summed E-state index contributed by atoms with van der Waals surface area (Å²) >= 11 is 0. The van der Waals surface area contributed by atoms with Gasteiger partial charge in [0.15, 0.2) is 0 Å². The lowest BCUT2D eigenvalue weighted by molar-refractivity contribution is -0.125. The summed E-state index contributed by atoms with van der Waals surface area (Å²) in [4.78, 5) is 23.4. The molecular formula is C11H12N2O2. The molecule has 0 spiro atoms. The predicted molar refractivity (Wildman–Crippen MR) is 55.1 cm³/mol. The van der Waals surface area contributed by atoms with Crippen molar-refractivity contribution >= 4 is 11.9 Å². The molecule has 2 N–H and O–H groups in total. The smallest absolute Gasteiger partial charge is 0.321 e. The standard InChI is InChI=1S/C11H12N2O2/c12-11(15)13-7-9(6-10(13)14)8-4-2-1-3-5-8/h1-5,9H,6-7H2,(H2,12,15)/t9-/m0/s1. The van der Waals surface area contributed by atoms with Crippen LogP contribution in [0.4, 0.5) is 4.79 Å². The highest BCUT2D eigenvalue weighted by Crippen LogP contribution is 2.27. The van der Waals surface area contributed by atoms with Gasteiger partial charge in [-0.3, -0.25) is 9.69 Å². The molecular weight excluding hydrogens is 192 g/mol. The fourth-order valence-electron chi connectivity index (χ4n) is 1.87. The molecule has 4 nitrogen and oxygen atoms in total. The Morgan fingerprint density at radius 1 is 1.33 bits per heavy atom. The maximum Gasteiger partial charge on any atom is 0.321 e. The zero-order valence-electron chi connectivity index (χ0n) is 8.22. The maximum absolute atomic E-state index is 11.4. The van der Waals surface area contributed by atoms with Crippen LogP contribution in [0.2, 0.25) is 0 Å². The van der Waals surface area contributed by atoms with Gasteiger partial charge < -0.3 is 5.73 Å². The SMILES string of the molecule is NC(=O)N1C[C@@H](c2ccccc2)CC1=O. The number of hydrogen-bond acceptors (Lipinski definition) is 2. The Bertz CT molecular complexity index is 389. The number of carbonyl (C=O) groups is 2. The zero-order valence-corrected chi connectivity index (χ0v) is 8.22. The second-order valence-electron chi connectivity index (χ2n) is 3.65. The monoisotopic (exact) mass is 204 g/mol. The van der Waals surface area contributed by atoms with Gasteiger partial charge in [0, 0.05) is 18.9 Å². The lowest BCUT2D eigenvalue weighted by atomic mass is 9.99. The summed E-state index contributed by atoms with van der Waals surface area (Å²) in [6.07, 6.45) is 0.368. The molecule has 1 atom stereocenters. The van der Waals surface area contributed by atoms with Crippen LogP contribution in [0.1, 0.15) is 17.9 Å². The van der Waals surface area contributed by atoms with Crippen LogP contribution in [0.5, 0.6) is 0 Å². The van der Waals surface area contributed by atoms with Crippen molar-refractivity contribution < 1.29 is 9.59 Å². The lowest BCUT2D eigenvalue weighted by Crippen LogP contribution is -2.36. The molecule has 15 heavy (non-hydrogen) atoms. The molecule has 1 fully saturated rings. The Hall–Kier alpha value is -1.84. The number of amides is 3. The van der Waals surface area contributed by atoms with E-state index in [-0.39, 0.29) is 11.8 Å². The summed E-state index contributed by atoms with van der Waals surface area (Å²) in [5, 5.41) is 0. The molecule has 1 aromatic carbocycles. The van der Waals surface area contributed by atoms with E-state index in [9.17, 15) is 9.59 Å². The van der Waals surface area contributed by atoms with Gasteiger partial charge in [-0.1, -0.05) is 30.3 Å². The van der Waals surface area contributed by atoms with Gasteiger partial charge in [0.05, 0.1) is 0 Å². The van der Waals surface area contributed by atoms with Crippen LogP contribution >= 0.6 is 0 Å². The summed E-state index contributed by atoms with van der Waals surface area (Å²) in [7, 11) is 0. The molecule has 0 saturated carbocycles. The van der Waals surface area contributed by atoms with Crippen molar-refractivity contribution in [3.8, 4) is 0 Å². The molecule has 1 saturated heterocycles. The van der Waals surface area contributed by atoms with E-state index in [4.69, 9.17) is 5.73 Å². The minimum absolute atomic E-state index is 0.0891. The van der Waals surface area contributed by atoms with Crippen molar-refractivity contribution in [2.24, 2.45) is 5.73 Å². The molecule has 2 rings (SSSR count). The van der Waals surface area contributed by atoms with Crippen LogP contribution in [-0.4, -0.2) is 23.4 Å². The van der Waals surface area contributed by atoms with E-state index in [2.05, 4.69) is 0 Å². The van der Waals surface area contributed by atoms with Gasteiger partial charge in [-0.25, -0.2) is 4.79 Å². The number of imide groups is 1. The van der Waals surface area contributed by atoms with Crippen LogP contribution in [-0.2, 0) is 4.79 Å². The molecule has 1 aliphatic rings. The minimum atomic E-state index is -0.654. The number of likely N-dealkylation sites (tertiary alicyclic amines) is 1. The van der Waals surface area contributed by atoms with Gasteiger partial charge in [-0.05, 0) is 5.56 Å². The first-order chi connectivity index (χ1) is 7.18. The van der Waals surface area contributed by atoms with E-state index in [1.54, 1.807) is 0 Å². The van der Waals surface area contributed by atoms with Crippen molar-refractivity contribution in [2.45, 2.75) is 12.3 Å². The summed E-state index contributed by atoms with van der Waals surface area (Å²) in [5.74, 6) is -0.0949. The third-order valence-electron chi connectivity index (χ3n) is 2.66. The molecule has 78 valence electrons. The summed E-state index contributed by atoms with van der Waals surface area (Å²) in [6.45, 7) is 0.401. The van der Waals surface area contributed by atoms with Gasteiger partial charge in [-0.2, -0.15) is 0 Å². The topological polar surface area (TPSA) is 63.4 Å². The van der Waals surface area contributed by atoms with Crippen LogP contribution in [0.15, 0.2) is 30.3 Å². The van der Waals surface area contributed by atoms with Crippen LogP contribution in [0.25, 0.3) is 0 Å². The highest BCUT2D eigenvalue weighted by molar-refractivity contribution is 5.95. The second-order valence-corrected chi connectivity index (χ2v) is 3.65. The number of primary amides is 1. The third kappa shape index (κ3) is 1.83. The van der Waals surface area contributed by atoms with Crippen LogP contribution < -0.4 is 5.73 Å². The van der Waals surface area contributed by atoms with Gasteiger partial charge in [0.2, 0.25) is 5.91 Å². The largest absolute Gasteiger partial charge is 0.351 e. The Labute approximate surface area is 87.7 Å². The molecule has 4 heteroatoms. The second kappa shape index (κ2) is 3.73. The van der Waals surface area contributed by atoms with Gasteiger partial charge in [0.25, 0.3) is 0 Å². The molecule has 1 aromatic rings. The highest BCUT2D eigenvalue weighted by Gasteiger charge is 2.33.